The maximum atomic E-state index is 15.2. The van der Waals surface area contributed by atoms with E-state index in [4.69, 9.17) is 4.74 Å². The summed E-state index contributed by atoms with van der Waals surface area (Å²) >= 11 is 0. The highest BCUT2D eigenvalue weighted by Gasteiger charge is 2.38. The van der Waals surface area contributed by atoms with E-state index >= 15 is 4.39 Å². The monoisotopic (exact) mass is 576 g/mol. The predicted molar refractivity (Wildman–Crippen MR) is 139 cm³/mol. The summed E-state index contributed by atoms with van der Waals surface area (Å²) in [6.07, 6.45) is -3.14. The van der Waals surface area contributed by atoms with Crippen LogP contribution in [0.2, 0.25) is 0 Å². The third kappa shape index (κ3) is 5.56. The third-order valence-corrected chi connectivity index (χ3v) is 6.94. The highest BCUT2D eigenvalue weighted by Crippen LogP contribution is 2.36. The zero-order chi connectivity index (χ0) is 29.7. The fraction of sp³-hybridized carbons (Fsp3) is 0.370. The maximum absolute atomic E-state index is 15.2. The summed E-state index contributed by atoms with van der Waals surface area (Å²) in [6.45, 7) is 5.04. The summed E-state index contributed by atoms with van der Waals surface area (Å²) in [5.74, 6) is -0.588. The molecule has 0 saturated carbocycles. The van der Waals surface area contributed by atoms with Crippen molar-refractivity contribution in [1.29, 1.82) is 0 Å². The van der Waals surface area contributed by atoms with Gasteiger partial charge in [-0.05, 0) is 44.4 Å². The smallest absolute Gasteiger partial charge is 0.381 e. The van der Waals surface area contributed by atoms with E-state index in [0.29, 0.717) is 11.1 Å². The van der Waals surface area contributed by atoms with Crippen molar-refractivity contribution in [3.63, 3.8) is 0 Å². The van der Waals surface area contributed by atoms with Crippen LogP contribution >= 0.6 is 0 Å². The van der Waals surface area contributed by atoms with Crippen molar-refractivity contribution < 1.29 is 26.7 Å². The average Bonchev–Trinajstić information content (AvgIpc) is 3.18. The Morgan fingerprint density at radius 1 is 1.22 bits per heavy atom. The Balaban J connectivity index is 1.34. The fourth-order valence-electron chi connectivity index (χ4n) is 4.89. The molecule has 1 aromatic carbocycles. The molecule has 0 amide bonds. The number of ether oxygens (including phenoxy) is 1. The molecule has 0 radical (unpaired) electrons. The molecule has 216 valence electrons. The Morgan fingerprint density at radius 3 is 2.71 bits per heavy atom. The number of nitrogens with zero attached hydrogens (tertiary/aromatic N) is 4. The van der Waals surface area contributed by atoms with E-state index in [1.165, 1.54) is 25.3 Å². The van der Waals surface area contributed by atoms with Gasteiger partial charge in [-0.3, -0.25) is 9.59 Å². The van der Waals surface area contributed by atoms with Crippen molar-refractivity contribution in [3.05, 3.63) is 80.1 Å². The van der Waals surface area contributed by atoms with Crippen molar-refractivity contribution >= 4 is 16.5 Å². The van der Waals surface area contributed by atoms with Gasteiger partial charge in [-0.2, -0.15) is 18.3 Å². The number of halogens is 5. The molecule has 0 bridgehead atoms. The number of anilines is 1. The van der Waals surface area contributed by atoms with E-state index in [-0.39, 0.29) is 29.8 Å². The Kier molecular flexibility index (Phi) is 7.14. The number of aromatic amines is 1. The van der Waals surface area contributed by atoms with E-state index in [2.05, 4.69) is 20.4 Å². The van der Waals surface area contributed by atoms with Crippen LogP contribution in [0.3, 0.4) is 0 Å². The maximum Gasteiger partial charge on any atom is 0.423 e. The molecule has 0 fully saturated rings. The molecular formula is C27H25F5N6O3. The van der Waals surface area contributed by atoms with Crippen LogP contribution in [0.15, 0.2) is 46.4 Å². The minimum absolute atomic E-state index is 0.0159. The van der Waals surface area contributed by atoms with Gasteiger partial charge in [0.15, 0.2) is 5.82 Å². The van der Waals surface area contributed by atoms with E-state index in [1.807, 2.05) is 13.8 Å². The molecule has 5 rings (SSSR count). The second-order valence-corrected chi connectivity index (χ2v) is 10.4. The topological polar surface area (TPSA) is 115 Å². The lowest BCUT2D eigenvalue weighted by Gasteiger charge is -2.20. The van der Waals surface area contributed by atoms with Gasteiger partial charge in [0, 0.05) is 30.4 Å². The van der Waals surface area contributed by atoms with E-state index in [1.54, 1.807) is 11.3 Å². The Morgan fingerprint density at radius 2 is 1.98 bits per heavy atom. The molecule has 9 nitrogen and oxygen atoms in total. The van der Waals surface area contributed by atoms with Crippen molar-refractivity contribution in [2.24, 2.45) is 0 Å². The first-order valence-corrected chi connectivity index (χ1v) is 12.6. The Hall–Kier alpha value is -4.20. The molecular weight excluding hydrogens is 551 g/mol. The first-order chi connectivity index (χ1) is 19.2. The van der Waals surface area contributed by atoms with Crippen LogP contribution in [0.25, 0.3) is 22.2 Å². The predicted octanol–water partition coefficient (Wildman–Crippen LogP) is 4.69. The zero-order valence-corrected chi connectivity index (χ0v) is 22.1. The minimum Gasteiger partial charge on any atom is -0.381 e. The lowest BCUT2D eigenvalue weighted by Crippen LogP contribution is -2.30. The largest absolute Gasteiger partial charge is 0.423 e. The van der Waals surface area contributed by atoms with Crippen LogP contribution in [0.4, 0.5) is 27.6 Å². The Bertz CT molecular complexity index is 1750. The minimum atomic E-state index is -4.95. The molecule has 2 N–H and O–H groups in total. The van der Waals surface area contributed by atoms with Crippen LogP contribution in [-0.4, -0.2) is 36.9 Å². The summed E-state index contributed by atoms with van der Waals surface area (Å²) in [7, 11) is 0. The molecule has 0 saturated heterocycles. The molecule has 1 aliphatic heterocycles. The molecule has 2 atom stereocenters. The summed E-state index contributed by atoms with van der Waals surface area (Å²) < 4.78 is 76.7. The highest BCUT2D eigenvalue weighted by molar-refractivity contribution is 5.86. The number of pyridine rings is 1. The number of H-pyrrole nitrogens is 1. The van der Waals surface area contributed by atoms with Crippen LogP contribution in [0, 0.1) is 5.82 Å². The van der Waals surface area contributed by atoms with Crippen molar-refractivity contribution in [1.82, 2.24) is 24.7 Å². The fourth-order valence-corrected chi connectivity index (χ4v) is 4.89. The van der Waals surface area contributed by atoms with Gasteiger partial charge in [0.1, 0.15) is 17.6 Å². The second kappa shape index (κ2) is 10.3. The van der Waals surface area contributed by atoms with Crippen LogP contribution in [0.5, 0.6) is 0 Å². The summed E-state index contributed by atoms with van der Waals surface area (Å²) in [4.78, 5) is 33.4. The molecule has 0 spiro atoms. The number of rotatable bonds is 7. The van der Waals surface area contributed by atoms with Gasteiger partial charge >= 0.3 is 6.18 Å². The first-order valence-electron chi connectivity index (χ1n) is 12.6. The van der Waals surface area contributed by atoms with Crippen molar-refractivity contribution in [2.75, 3.05) is 5.32 Å². The van der Waals surface area contributed by atoms with E-state index in [0.717, 1.165) is 22.4 Å². The number of nitrogens with one attached hydrogen (secondary N) is 2. The molecule has 4 heterocycles. The number of aromatic nitrogens is 5. The van der Waals surface area contributed by atoms with Gasteiger partial charge < -0.3 is 14.6 Å². The van der Waals surface area contributed by atoms with Gasteiger partial charge in [-0.25, -0.2) is 23.8 Å². The number of hydrogen-bond acceptors (Lipinski definition) is 7. The lowest BCUT2D eigenvalue weighted by molar-refractivity contribution is -0.138. The van der Waals surface area contributed by atoms with Gasteiger partial charge in [0.05, 0.1) is 47.3 Å². The zero-order valence-electron chi connectivity index (χ0n) is 22.1. The van der Waals surface area contributed by atoms with Gasteiger partial charge in [-0.15, -0.1) is 0 Å². The molecule has 0 unspecified atom stereocenters. The molecule has 1 aliphatic rings. The summed E-state index contributed by atoms with van der Waals surface area (Å²) in [6, 6.07) is 3.18. The van der Waals surface area contributed by atoms with Crippen LogP contribution in [-0.2, 0) is 29.7 Å². The summed E-state index contributed by atoms with van der Waals surface area (Å²) in [5.41, 5.74) is -3.11. The molecule has 41 heavy (non-hydrogen) atoms. The standard InChI is InChI=1S/C27H25F5N6O3/c1-13(35-20-10-34-37-24(39)22(20)27(30,31)32)6-15(28)11-38-5-4-14-7-17(19(29)8-16(14)25(38)40)23-33-9-18-21(36-23)12-41-26(18,2)3/h4-5,7-10,13,15H,6,11-12H2,1-3H3,(H2,35,37,39)/t13-,15+/m1/s1. The van der Waals surface area contributed by atoms with Crippen LogP contribution in [0.1, 0.15) is 44.0 Å². The second-order valence-electron chi connectivity index (χ2n) is 10.4. The quantitative estimate of drug-likeness (QED) is 0.307. The normalized spacial score (nSPS) is 16.0. The number of fused-ring (bicyclic) bond motifs is 2. The number of benzene rings is 1. The third-order valence-electron chi connectivity index (χ3n) is 6.94. The first kappa shape index (κ1) is 28.3. The van der Waals surface area contributed by atoms with Crippen LogP contribution < -0.4 is 16.4 Å². The number of alkyl halides is 4. The lowest BCUT2D eigenvalue weighted by atomic mass is 10.0. The molecule has 4 aromatic rings. The average molecular weight is 577 g/mol. The Labute approximate surface area is 229 Å². The van der Waals surface area contributed by atoms with Crippen molar-refractivity contribution in [2.45, 2.75) is 64.3 Å². The SMILES string of the molecule is C[C@H](C[C@H](F)Cn1ccc2cc(-c3ncc4c(n3)COC4(C)C)c(F)cc2c1=O)Nc1cn[nH]c(=O)c1C(F)(F)F. The van der Waals surface area contributed by atoms with E-state index in [9.17, 15) is 27.2 Å². The number of hydrogen-bond donors (Lipinski definition) is 2. The van der Waals surface area contributed by atoms with Gasteiger partial charge in [0.2, 0.25) is 0 Å². The van der Waals surface area contributed by atoms with Gasteiger partial charge in [-0.1, -0.05) is 0 Å². The summed E-state index contributed by atoms with van der Waals surface area (Å²) in [5, 5.41) is 7.98. The van der Waals surface area contributed by atoms with E-state index < -0.39 is 58.7 Å². The van der Waals surface area contributed by atoms with Gasteiger partial charge in [0.25, 0.3) is 11.1 Å². The van der Waals surface area contributed by atoms with Crippen molar-refractivity contribution in [3.8, 4) is 11.4 Å². The highest BCUT2D eigenvalue weighted by atomic mass is 19.4. The molecule has 14 heteroatoms. The molecule has 0 aliphatic carbocycles. The molecule has 3 aromatic heterocycles.